The van der Waals surface area contributed by atoms with Crippen LogP contribution < -0.4 is 5.73 Å². The first-order valence-electron chi connectivity index (χ1n) is 2.63. The highest BCUT2D eigenvalue weighted by atomic mass is 14.7. The van der Waals surface area contributed by atoms with Crippen molar-refractivity contribution in [3.05, 3.63) is 12.2 Å². The molecule has 2 unspecified atom stereocenters. The van der Waals surface area contributed by atoms with Crippen molar-refractivity contribution in [3.8, 4) is 0 Å². The normalized spacial score (nSPS) is 38.0. The van der Waals surface area contributed by atoms with E-state index in [4.69, 9.17) is 5.73 Å². The van der Waals surface area contributed by atoms with E-state index in [-0.39, 0.29) is 0 Å². The first-order valence-corrected chi connectivity index (χ1v) is 2.63. The van der Waals surface area contributed by atoms with Gasteiger partial charge in [0.05, 0.1) is 0 Å². The van der Waals surface area contributed by atoms with E-state index in [1.54, 1.807) is 0 Å². The molecular weight excluding hydrogens is 86.1 g/mol. The lowest BCUT2D eigenvalue weighted by Gasteiger charge is -1.87. The van der Waals surface area contributed by atoms with Crippen LogP contribution >= 0.6 is 0 Å². The molecule has 0 bridgehead atoms. The Morgan fingerprint density at radius 3 is 2.29 bits per heavy atom. The van der Waals surface area contributed by atoms with E-state index < -0.39 is 0 Å². The quantitative estimate of drug-likeness (QED) is 0.483. The first kappa shape index (κ1) is 4.85. The van der Waals surface area contributed by atoms with Gasteiger partial charge in [0, 0.05) is 6.04 Å². The van der Waals surface area contributed by atoms with Crippen molar-refractivity contribution in [2.75, 3.05) is 0 Å². The number of rotatable bonds is 1. The smallest absolute Gasteiger partial charge is 0.0111 e. The summed E-state index contributed by atoms with van der Waals surface area (Å²) in [7, 11) is 0. The van der Waals surface area contributed by atoms with Crippen molar-refractivity contribution in [3.63, 3.8) is 0 Å². The average Bonchev–Trinajstić information content (AvgIpc) is 2.17. The van der Waals surface area contributed by atoms with Gasteiger partial charge in [-0.15, -0.1) is 0 Å². The molecule has 1 nitrogen and oxygen atoms in total. The van der Waals surface area contributed by atoms with Gasteiger partial charge >= 0.3 is 0 Å². The highest BCUT2D eigenvalue weighted by Crippen LogP contribution is 2.33. The van der Waals surface area contributed by atoms with Gasteiger partial charge in [0.15, 0.2) is 0 Å². The summed E-state index contributed by atoms with van der Waals surface area (Å²) in [5.74, 6) is 0.653. The van der Waals surface area contributed by atoms with Crippen LogP contribution in [0.15, 0.2) is 12.2 Å². The molecular formula is C6H11N. The predicted molar refractivity (Wildman–Crippen MR) is 30.9 cm³/mol. The minimum absolute atomic E-state index is 0.442. The molecule has 1 fully saturated rings. The first-order chi connectivity index (χ1) is 3.22. The summed E-state index contributed by atoms with van der Waals surface area (Å²) >= 11 is 0. The summed E-state index contributed by atoms with van der Waals surface area (Å²) in [5, 5.41) is 0. The Balaban J connectivity index is 2.33. The molecule has 0 aromatic carbocycles. The SMILES string of the molecule is C=C(C)C1CC1N. The lowest BCUT2D eigenvalue weighted by molar-refractivity contribution is 0.922. The lowest BCUT2D eigenvalue weighted by Crippen LogP contribution is -2.01. The molecule has 2 N–H and O–H groups in total. The van der Waals surface area contributed by atoms with E-state index in [9.17, 15) is 0 Å². The van der Waals surface area contributed by atoms with Gasteiger partial charge in [-0.25, -0.2) is 0 Å². The Morgan fingerprint density at radius 1 is 1.86 bits per heavy atom. The molecule has 0 amide bonds. The molecule has 1 rings (SSSR count). The largest absolute Gasteiger partial charge is 0.327 e. The summed E-state index contributed by atoms with van der Waals surface area (Å²) in [5.41, 5.74) is 6.75. The predicted octanol–water partition coefficient (Wildman–Crippen LogP) is 0.910. The number of hydrogen-bond donors (Lipinski definition) is 1. The maximum atomic E-state index is 5.51. The topological polar surface area (TPSA) is 26.0 Å². The molecule has 0 radical (unpaired) electrons. The summed E-state index contributed by atoms with van der Waals surface area (Å²) in [6, 6.07) is 0.442. The van der Waals surface area contributed by atoms with Gasteiger partial charge in [-0.2, -0.15) is 0 Å². The van der Waals surface area contributed by atoms with Crippen LogP contribution in [0.5, 0.6) is 0 Å². The molecule has 0 aromatic rings. The molecule has 0 aliphatic heterocycles. The van der Waals surface area contributed by atoms with Gasteiger partial charge in [0.1, 0.15) is 0 Å². The van der Waals surface area contributed by atoms with E-state index in [1.807, 2.05) is 6.92 Å². The van der Waals surface area contributed by atoms with Gasteiger partial charge in [-0.05, 0) is 19.3 Å². The van der Waals surface area contributed by atoms with E-state index in [0.29, 0.717) is 12.0 Å². The Hall–Kier alpha value is -0.300. The Labute approximate surface area is 44.2 Å². The maximum absolute atomic E-state index is 5.51. The van der Waals surface area contributed by atoms with E-state index >= 15 is 0 Å². The van der Waals surface area contributed by atoms with Gasteiger partial charge < -0.3 is 5.73 Å². The molecule has 0 heterocycles. The Bertz CT molecular complexity index is 96.4. The number of hydrogen-bond acceptors (Lipinski definition) is 1. The fourth-order valence-electron chi connectivity index (χ4n) is 0.781. The standard InChI is InChI=1S/C6H11N/c1-4(2)5-3-6(5)7/h5-6H,1,3,7H2,2H3. The van der Waals surface area contributed by atoms with Crippen LogP contribution in [0.1, 0.15) is 13.3 Å². The molecule has 1 aliphatic rings. The second-order valence-electron chi connectivity index (χ2n) is 2.35. The van der Waals surface area contributed by atoms with Crippen LogP contribution in [0.2, 0.25) is 0 Å². The van der Waals surface area contributed by atoms with Gasteiger partial charge in [-0.3, -0.25) is 0 Å². The van der Waals surface area contributed by atoms with Gasteiger partial charge in [-0.1, -0.05) is 12.2 Å². The van der Waals surface area contributed by atoms with Crippen LogP contribution in [0.3, 0.4) is 0 Å². The van der Waals surface area contributed by atoms with E-state index in [1.165, 1.54) is 5.57 Å². The van der Waals surface area contributed by atoms with Gasteiger partial charge in [0.2, 0.25) is 0 Å². The molecule has 40 valence electrons. The van der Waals surface area contributed by atoms with Crippen LogP contribution in [0.25, 0.3) is 0 Å². The lowest BCUT2D eigenvalue weighted by atomic mass is 10.2. The second kappa shape index (κ2) is 1.34. The van der Waals surface area contributed by atoms with Crippen molar-refractivity contribution in [2.24, 2.45) is 11.7 Å². The van der Waals surface area contributed by atoms with Gasteiger partial charge in [0.25, 0.3) is 0 Å². The third-order valence-electron chi connectivity index (χ3n) is 1.47. The van der Waals surface area contributed by atoms with Crippen LogP contribution in [0, 0.1) is 5.92 Å². The van der Waals surface area contributed by atoms with Crippen molar-refractivity contribution in [1.29, 1.82) is 0 Å². The highest BCUT2D eigenvalue weighted by Gasteiger charge is 2.33. The molecule has 7 heavy (non-hydrogen) atoms. The molecule has 1 heteroatoms. The van der Waals surface area contributed by atoms with E-state index in [2.05, 4.69) is 6.58 Å². The minimum Gasteiger partial charge on any atom is -0.327 e. The average molecular weight is 97.2 g/mol. The fraction of sp³-hybridized carbons (Fsp3) is 0.667. The summed E-state index contributed by atoms with van der Waals surface area (Å²) in [6.45, 7) is 5.83. The second-order valence-corrected chi connectivity index (χ2v) is 2.35. The van der Waals surface area contributed by atoms with Crippen LogP contribution in [-0.4, -0.2) is 6.04 Å². The van der Waals surface area contributed by atoms with Crippen molar-refractivity contribution in [1.82, 2.24) is 0 Å². The molecule has 2 atom stereocenters. The minimum atomic E-state index is 0.442. The Morgan fingerprint density at radius 2 is 2.29 bits per heavy atom. The Kier molecular flexibility index (Phi) is 0.927. The highest BCUT2D eigenvalue weighted by molar-refractivity contribution is 5.11. The zero-order valence-electron chi connectivity index (χ0n) is 4.65. The zero-order valence-corrected chi connectivity index (χ0v) is 4.65. The monoisotopic (exact) mass is 97.1 g/mol. The maximum Gasteiger partial charge on any atom is 0.0111 e. The van der Waals surface area contributed by atoms with Crippen molar-refractivity contribution in [2.45, 2.75) is 19.4 Å². The zero-order chi connectivity index (χ0) is 5.44. The molecule has 0 spiro atoms. The summed E-state index contributed by atoms with van der Waals surface area (Å²) in [6.07, 6.45) is 1.16. The van der Waals surface area contributed by atoms with Crippen molar-refractivity contribution < 1.29 is 0 Å². The molecule has 0 aromatic heterocycles. The summed E-state index contributed by atoms with van der Waals surface area (Å²) < 4.78 is 0. The molecule has 1 saturated carbocycles. The van der Waals surface area contributed by atoms with Crippen LogP contribution in [-0.2, 0) is 0 Å². The third-order valence-corrected chi connectivity index (χ3v) is 1.47. The van der Waals surface area contributed by atoms with Crippen molar-refractivity contribution >= 4 is 0 Å². The fourth-order valence-corrected chi connectivity index (χ4v) is 0.781. The third kappa shape index (κ3) is 0.829. The molecule has 1 aliphatic carbocycles. The summed E-state index contributed by atoms with van der Waals surface area (Å²) in [4.78, 5) is 0. The van der Waals surface area contributed by atoms with Crippen LogP contribution in [0.4, 0.5) is 0 Å². The van der Waals surface area contributed by atoms with E-state index in [0.717, 1.165) is 6.42 Å². The molecule has 0 saturated heterocycles. The number of nitrogens with two attached hydrogens (primary N) is 1.